The number of amides is 1. The van der Waals surface area contributed by atoms with Crippen LogP contribution in [0.3, 0.4) is 0 Å². The lowest BCUT2D eigenvalue weighted by Gasteiger charge is -2.16. The van der Waals surface area contributed by atoms with Gasteiger partial charge in [-0.3, -0.25) is 9.52 Å². The van der Waals surface area contributed by atoms with Gasteiger partial charge < -0.3 is 10.4 Å². The Hall–Kier alpha value is -2.75. The largest absolute Gasteiger partial charge is 0.394 e. The first-order valence-electron chi connectivity index (χ1n) is 8.46. The van der Waals surface area contributed by atoms with Gasteiger partial charge in [-0.2, -0.15) is 0 Å². The minimum absolute atomic E-state index is 0.0299. The molecule has 2 aromatic carbocycles. The molecule has 0 aliphatic rings. The van der Waals surface area contributed by atoms with Crippen molar-refractivity contribution in [3.8, 4) is 0 Å². The molecule has 1 heterocycles. The molecule has 0 aliphatic heterocycles. The van der Waals surface area contributed by atoms with Crippen molar-refractivity contribution in [1.29, 1.82) is 0 Å². The molecule has 0 bridgehead atoms. The third kappa shape index (κ3) is 5.16. The third-order valence-electron chi connectivity index (χ3n) is 3.96. The molecule has 0 saturated heterocycles. The van der Waals surface area contributed by atoms with Crippen LogP contribution in [-0.4, -0.2) is 37.1 Å². The van der Waals surface area contributed by atoms with Crippen LogP contribution in [0.25, 0.3) is 0 Å². The fourth-order valence-corrected chi connectivity index (χ4v) is 4.35. The Labute approximate surface area is 167 Å². The zero-order valence-corrected chi connectivity index (χ0v) is 16.4. The molecule has 3 rings (SSSR count). The van der Waals surface area contributed by atoms with Crippen LogP contribution < -0.4 is 10.0 Å². The fourth-order valence-electron chi connectivity index (χ4n) is 2.56. The molecule has 28 heavy (non-hydrogen) atoms. The number of sulfonamides is 1. The second-order valence-electron chi connectivity index (χ2n) is 6.01. The Morgan fingerprint density at radius 2 is 1.82 bits per heavy atom. The van der Waals surface area contributed by atoms with Crippen LogP contribution in [0.15, 0.2) is 71.1 Å². The summed E-state index contributed by atoms with van der Waals surface area (Å²) >= 11 is 1.17. The quantitative estimate of drug-likeness (QED) is 0.521. The first-order valence-corrected chi connectivity index (χ1v) is 10.8. The molecule has 9 heteroatoms. The SMILES string of the molecule is O=C(NC(CO)Cc1ccccc1)c1ccc(S(=O)(=O)Nc2nccs2)cc1. The summed E-state index contributed by atoms with van der Waals surface area (Å²) in [5, 5.41) is 14.2. The molecular weight excluding hydrogens is 398 g/mol. The topological polar surface area (TPSA) is 108 Å². The second-order valence-corrected chi connectivity index (χ2v) is 8.59. The Bertz CT molecular complexity index is 1010. The minimum Gasteiger partial charge on any atom is -0.394 e. The number of aliphatic hydroxyl groups is 1. The maximum atomic E-state index is 12.4. The molecule has 1 amide bonds. The van der Waals surface area contributed by atoms with Crippen LogP contribution >= 0.6 is 11.3 Å². The van der Waals surface area contributed by atoms with Crippen LogP contribution in [0.1, 0.15) is 15.9 Å². The van der Waals surface area contributed by atoms with E-state index in [9.17, 15) is 18.3 Å². The van der Waals surface area contributed by atoms with E-state index < -0.39 is 16.1 Å². The monoisotopic (exact) mass is 417 g/mol. The second kappa shape index (κ2) is 8.96. The molecule has 146 valence electrons. The normalized spacial score (nSPS) is 12.3. The fraction of sp³-hybridized carbons (Fsp3) is 0.158. The number of hydrogen-bond donors (Lipinski definition) is 3. The molecule has 1 unspecified atom stereocenters. The summed E-state index contributed by atoms with van der Waals surface area (Å²) in [6.45, 7) is -0.204. The average Bonchev–Trinajstić information content (AvgIpc) is 3.20. The van der Waals surface area contributed by atoms with Crippen molar-refractivity contribution in [3.63, 3.8) is 0 Å². The molecule has 0 saturated carbocycles. The number of thiazole rings is 1. The van der Waals surface area contributed by atoms with Gasteiger partial charge in [0.2, 0.25) is 0 Å². The molecule has 0 radical (unpaired) electrons. The predicted octanol–water partition coefficient (Wildman–Crippen LogP) is 2.28. The van der Waals surface area contributed by atoms with Gasteiger partial charge in [0.25, 0.3) is 15.9 Å². The minimum atomic E-state index is -3.77. The summed E-state index contributed by atoms with van der Waals surface area (Å²) in [5.41, 5.74) is 1.30. The van der Waals surface area contributed by atoms with Crippen molar-refractivity contribution in [2.24, 2.45) is 0 Å². The number of hydrogen-bond acceptors (Lipinski definition) is 6. The van der Waals surface area contributed by atoms with Crippen molar-refractivity contribution < 1.29 is 18.3 Å². The van der Waals surface area contributed by atoms with Gasteiger partial charge in [-0.05, 0) is 36.2 Å². The van der Waals surface area contributed by atoms with Gasteiger partial charge >= 0.3 is 0 Å². The number of benzene rings is 2. The van der Waals surface area contributed by atoms with Crippen molar-refractivity contribution in [2.45, 2.75) is 17.4 Å². The van der Waals surface area contributed by atoms with E-state index in [2.05, 4.69) is 15.0 Å². The molecule has 3 aromatic rings. The van der Waals surface area contributed by atoms with E-state index in [-0.39, 0.29) is 22.5 Å². The summed E-state index contributed by atoms with van der Waals surface area (Å²) < 4.78 is 27.0. The molecular formula is C19H19N3O4S2. The number of aliphatic hydroxyl groups excluding tert-OH is 1. The zero-order valence-electron chi connectivity index (χ0n) is 14.8. The molecule has 0 spiro atoms. The van der Waals surface area contributed by atoms with E-state index in [4.69, 9.17) is 0 Å². The van der Waals surface area contributed by atoms with E-state index in [1.165, 1.54) is 41.8 Å². The van der Waals surface area contributed by atoms with Crippen molar-refractivity contribution in [3.05, 3.63) is 77.3 Å². The predicted molar refractivity (Wildman–Crippen MR) is 108 cm³/mol. The van der Waals surface area contributed by atoms with E-state index in [1.807, 2.05) is 30.3 Å². The molecule has 1 atom stereocenters. The van der Waals surface area contributed by atoms with E-state index in [0.717, 1.165) is 5.56 Å². The average molecular weight is 418 g/mol. The highest BCUT2D eigenvalue weighted by Gasteiger charge is 2.18. The number of carbonyl (C=O) groups excluding carboxylic acids is 1. The molecule has 0 fully saturated rings. The summed E-state index contributed by atoms with van der Waals surface area (Å²) in [7, 11) is -3.77. The summed E-state index contributed by atoms with van der Waals surface area (Å²) in [6, 6.07) is 14.7. The highest BCUT2D eigenvalue weighted by atomic mass is 32.2. The maximum absolute atomic E-state index is 12.4. The zero-order chi connectivity index (χ0) is 20.0. The molecule has 1 aromatic heterocycles. The van der Waals surface area contributed by atoms with Crippen LogP contribution in [0.4, 0.5) is 5.13 Å². The number of carbonyl (C=O) groups is 1. The highest BCUT2D eigenvalue weighted by Crippen LogP contribution is 2.18. The Balaban J connectivity index is 1.66. The van der Waals surface area contributed by atoms with Crippen LogP contribution in [0.5, 0.6) is 0 Å². The van der Waals surface area contributed by atoms with Gasteiger partial charge in [0.05, 0.1) is 17.5 Å². The van der Waals surface area contributed by atoms with Gasteiger partial charge in [0.15, 0.2) is 5.13 Å². The van der Waals surface area contributed by atoms with Crippen molar-refractivity contribution >= 4 is 32.4 Å². The highest BCUT2D eigenvalue weighted by molar-refractivity contribution is 7.93. The lowest BCUT2D eigenvalue weighted by Crippen LogP contribution is -2.39. The van der Waals surface area contributed by atoms with Crippen LogP contribution in [0, 0.1) is 0 Å². The first-order chi connectivity index (χ1) is 13.5. The lowest BCUT2D eigenvalue weighted by atomic mass is 10.1. The van der Waals surface area contributed by atoms with E-state index >= 15 is 0 Å². The third-order valence-corrected chi connectivity index (χ3v) is 6.13. The van der Waals surface area contributed by atoms with Crippen LogP contribution in [-0.2, 0) is 16.4 Å². The summed E-state index contributed by atoms with van der Waals surface area (Å²) in [4.78, 5) is 16.3. The molecule has 3 N–H and O–H groups in total. The van der Waals surface area contributed by atoms with Gasteiger partial charge in [0, 0.05) is 17.1 Å². The molecule has 7 nitrogen and oxygen atoms in total. The van der Waals surface area contributed by atoms with Gasteiger partial charge in [-0.25, -0.2) is 13.4 Å². The number of anilines is 1. The number of rotatable bonds is 8. The smallest absolute Gasteiger partial charge is 0.263 e. The van der Waals surface area contributed by atoms with E-state index in [0.29, 0.717) is 12.0 Å². The first kappa shape index (κ1) is 20.0. The van der Waals surface area contributed by atoms with E-state index in [1.54, 1.807) is 5.38 Å². The standard InChI is InChI=1S/C19H19N3O4S2/c23-13-16(12-14-4-2-1-3-5-14)21-18(24)15-6-8-17(9-7-15)28(25,26)22-19-20-10-11-27-19/h1-11,16,23H,12-13H2,(H,20,22)(H,21,24). The number of nitrogens with one attached hydrogen (secondary N) is 2. The Kier molecular flexibility index (Phi) is 6.40. The van der Waals surface area contributed by atoms with Crippen molar-refractivity contribution in [2.75, 3.05) is 11.3 Å². The van der Waals surface area contributed by atoms with Gasteiger partial charge in [-0.1, -0.05) is 30.3 Å². The number of aromatic nitrogens is 1. The molecule has 0 aliphatic carbocycles. The summed E-state index contributed by atoms with van der Waals surface area (Å²) in [5.74, 6) is -0.383. The van der Waals surface area contributed by atoms with Crippen molar-refractivity contribution in [1.82, 2.24) is 10.3 Å². The summed E-state index contributed by atoms with van der Waals surface area (Å²) in [6.07, 6.45) is 2.00. The Morgan fingerprint density at radius 1 is 1.11 bits per heavy atom. The van der Waals surface area contributed by atoms with Gasteiger partial charge in [-0.15, -0.1) is 11.3 Å². The maximum Gasteiger partial charge on any atom is 0.263 e. The van der Waals surface area contributed by atoms with Crippen LogP contribution in [0.2, 0.25) is 0 Å². The Morgan fingerprint density at radius 3 is 2.43 bits per heavy atom. The lowest BCUT2D eigenvalue weighted by molar-refractivity contribution is 0.0916. The number of nitrogens with zero attached hydrogens (tertiary/aromatic N) is 1. The van der Waals surface area contributed by atoms with Gasteiger partial charge in [0.1, 0.15) is 0 Å².